The number of ether oxygens (including phenoxy) is 2. The zero-order valence-electron chi connectivity index (χ0n) is 25.4. The van der Waals surface area contributed by atoms with E-state index in [2.05, 4.69) is 79.9 Å². The molecule has 1 saturated heterocycles. The van der Waals surface area contributed by atoms with Gasteiger partial charge in [0.05, 0.1) is 17.4 Å². The van der Waals surface area contributed by atoms with Crippen LogP contribution in [0.5, 0.6) is 5.75 Å². The molecule has 2 aliphatic rings. The molecular formula is C30H42N8O2Si. The molecule has 0 saturated carbocycles. The Bertz CT molecular complexity index is 1570. The fourth-order valence-corrected chi connectivity index (χ4v) is 6.60. The lowest BCUT2D eigenvalue weighted by Crippen LogP contribution is -2.56. The first-order chi connectivity index (χ1) is 19.6. The first-order valence-corrected chi connectivity index (χ1v) is 18.4. The third-order valence-corrected chi connectivity index (χ3v) is 10.0. The molecule has 0 bridgehead atoms. The zero-order chi connectivity index (χ0) is 28.9. The number of aryl methyl sites for hydroxylation is 1. The second-order valence-corrected chi connectivity index (χ2v) is 18.5. The van der Waals surface area contributed by atoms with Gasteiger partial charge in [-0.2, -0.15) is 10.2 Å². The summed E-state index contributed by atoms with van der Waals surface area (Å²) in [6.45, 7) is 20.4. The van der Waals surface area contributed by atoms with Gasteiger partial charge in [-0.3, -0.25) is 0 Å². The number of hydrogen-bond donors (Lipinski definition) is 1. The first-order valence-electron chi connectivity index (χ1n) is 14.7. The fourth-order valence-electron chi connectivity index (χ4n) is 5.85. The molecule has 0 aromatic carbocycles. The second-order valence-electron chi connectivity index (χ2n) is 12.8. The highest BCUT2D eigenvalue weighted by Gasteiger charge is 2.32. The van der Waals surface area contributed by atoms with E-state index < -0.39 is 8.07 Å². The van der Waals surface area contributed by atoms with Crippen LogP contribution in [0.25, 0.3) is 28.2 Å². The third-order valence-electron chi connectivity index (χ3n) is 8.32. The van der Waals surface area contributed by atoms with Gasteiger partial charge in [0.2, 0.25) is 0 Å². The number of aromatic nitrogens is 6. The van der Waals surface area contributed by atoms with Crippen molar-refractivity contribution in [3.8, 4) is 28.3 Å². The van der Waals surface area contributed by atoms with E-state index in [1.807, 2.05) is 15.4 Å². The van der Waals surface area contributed by atoms with Crippen molar-refractivity contribution in [1.29, 1.82) is 0 Å². The Balaban J connectivity index is 1.47. The van der Waals surface area contributed by atoms with Crippen LogP contribution < -0.4 is 15.0 Å². The molecule has 1 atom stereocenters. The Labute approximate surface area is 243 Å². The Morgan fingerprint density at radius 2 is 2.00 bits per heavy atom. The maximum atomic E-state index is 6.28. The standard InChI is InChI=1S/C30H42N8O2Si/c1-19(2)26-27(22-12-25-30(32-13-22)36-9-8-31-14-23(36)16-40-25)35-38(18-39-10-11-41(5,6)7)28(26)24-15-37-29(33-17-34-37)21(4)20(24)3/h12-13,15,17,19,23,31H,8-11,14,16,18H2,1-7H3. The molecule has 2 aliphatic heterocycles. The van der Waals surface area contributed by atoms with Gasteiger partial charge in [0, 0.05) is 63.4 Å². The van der Waals surface area contributed by atoms with Gasteiger partial charge < -0.3 is 19.7 Å². The van der Waals surface area contributed by atoms with Crippen molar-refractivity contribution in [2.24, 2.45) is 0 Å². The van der Waals surface area contributed by atoms with Crippen LogP contribution in [-0.2, 0) is 11.5 Å². The van der Waals surface area contributed by atoms with Gasteiger partial charge in [0.15, 0.2) is 17.2 Å². The van der Waals surface area contributed by atoms with Crippen molar-refractivity contribution in [3.63, 3.8) is 0 Å². The molecule has 0 radical (unpaired) electrons. The van der Waals surface area contributed by atoms with E-state index in [0.29, 0.717) is 19.4 Å². The largest absolute Gasteiger partial charge is 0.487 e. The molecule has 1 N–H and O–H groups in total. The molecule has 0 amide bonds. The number of piperazine rings is 1. The van der Waals surface area contributed by atoms with Crippen molar-refractivity contribution in [1.82, 2.24) is 34.7 Å². The third kappa shape index (κ3) is 5.26. The molecule has 4 aromatic heterocycles. The molecular weight excluding hydrogens is 532 g/mol. The molecule has 41 heavy (non-hydrogen) atoms. The first kappa shape index (κ1) is 27.9. The summed E-state index contributed by atoms with van der Waals surface area (Å²) in [5.74, 6) is 1.96. The van der Waals surface area contributed by atoms with Crippen LogP contribution in [0.1, 0.15) is 36.5 Å². The molecule has 218 valence electrons. The van der Waals surface area contributed by atoms with Crippen molar-refractivity contribution in [2.45, 2.75) is 72.1 Å². The quantitative estimate of drug-likeness (QED) is 0.235. The average molecular weight is 575 g/mol. The van der Waals surface area contributed by atoms with E-state index in [1.165, 1.54) is 11.1 Å². The van der Waals surface area contributed by atoms with E-state index in [-0.39, 0.29) is 5.92 Å². The van der Waals surface area contributed by atoms with E-state index in [4.69, 9.17) is 19.6 Å². The van der Waals surface area contributed by atoms with Crippen LogP contribution in [0.15, 0.2) is 24.8 Å². The molecule has 6 heterocycles. The monoisotopic (exact) mass is 574 g/mol. The lowest BCUT2D eigenvalue weighted by Gasteiger charge is -2.40. The predicted octanol–water partition coefficient (Wildman–Crippen LogP) is 4.88. The summed E-state index contributed by atoms with van der Waals surface area (Å²) in [5, 5.41) is 13.2. The maximum Gasteiger partial charge on any atom is 0.171 e. The summed E-state index contributed by atoms with van der Waals surface area (Å²) in [4.78, 5) is 11.8. The Morgan fingerprint density at radius 3 is 2.78 bits per heavy atom. The fraction of sp³-hybridized carbons (Fsp3) is 0.533. The van der Waals surface area contributed by atoms with Crippen molar-refractivity contribution in [2.75, 3.05) is 37.7 Å². The Kier molecular flexibility index (Phi) is 7.37. The van der Waals surface area contributed by atoms with Gasteiger partial charge in [-0.25, -0.2) is 19.2 Å². The highest BCUT2D eigenvalue weighted by molar-refractivity contribution is 6.76. The molecule has 11 heteroatoms. The number of fused-ring (bicyclic) bond motifs is 4. The lowest BCUT2D eigenvalue weighted by molar-refractivity contribution is 0.0799. The number of hydrogen-bond acceptors (Lipinski definition) is 8. The number of pyridine rings is 2. The average Bonchev–Trinajstić information content (AvgIpc) is 3.57. The van der Waals surface area contributed by atoms with Crippen molar-refractivity contribution >= 4 is 19.5 Å². The second kappa shape index (κ2) is 10.8. The summed E-state index contributed by atoms with van der Waals surface area (Å²) in [5.41, 5.74) is 8.33. The maximum absolute atomic E-state index is 6.28. The normalized spacial score (nSPS) is 17.2. The van der Waals surface area contributed by atoms with Crippen molar-refractivity contribution < 1.29 is 9.47 Å². The highest BCUT2D eigenvalue weighted by atomic mass is 28.3. The summed E-state index contributed by atoms with van der Waals surface area (Å²) in [6.07, 6.45) is 5.65. The number of rotatable bonds is 8. The predicted molar refractivity (Wildman–Crippen MR) is 165 cm³/mol. The Hall–Kier alpha value is -3.28. The number of anilines is 1. The van der Waals surface area contributed by atoms with Crippen LogP contribution in [0.3, 0.4) is 0 Å². The minimum absolute atomic E-state index is 0.205. The van der Waals surface area contributed by atoms with Crippen molar-refractivity contribution in [3.05, 3.63) is 41.5 Å². The summed E-state index contributed by atoms with van der Waals surface area (Å²) >= 11 is 0. The smallest absolute Gasteiger partial charge is 0.171 e. The van der Waals surface area contributed by atoms with E-state index >= 15 is 0 Å². The van der Waals surface area contributed by atoms with Gasteiger partial charge >= 0.3 is 0 Å². The minimum Gasteiger partial charge on any atom is -0.487 e. The SMILES string of the molecule is Cc1c(-c2c(C(C)C)c(-c3cnc4c(c3)OCC3CNCCN43)nn2COCC[Si](C)(C)C)cn2ncnc2c1C. The van der Waals surface area contributed by atoms with Crippen LogP contribution in [0.2, 0.25) is 25.7 Å². The molecule has 1 unspecified atom stereocenters. The van der Waals surface area contributed by atoms with Gasteiger partial charge in [-0.05, 0) is 43.0 Å². The summed E-state index contributed by atoms with van der Waals surface area (Å²) < 4.78 is 16.4. The van der Waals surface area contributed by atoms with Gasteiger partial charge in [-0.1, -0.05) is 33.5 Å². The van der Waals surface area contributed by atoms with Crippen LogP contribution in [0, 0.1) is 13.8 Å². The van der Waals surface area contributed by atoms with E-state index in [1.54, 1.807) is 6.33 Å². The number of nitrogens with zero attached hydrogens (tertiary/aromatic N) is 7. The molecule has 6 rings (SSSR count). The molecule has 1 fully saturated rings. The molecule has 10 nitrogen and oxygen atoms in total. The van der Waals surface area contributed by atoms with Crippen LogP contribution >= 0.6 is 0 Å². The highest BCUT2D eigenvalue weighted by Crippen LogP contribution is 2.42. The lowest BCUT2D eigenvalue weighted by atomic mass is 9.92. The van der Waals surface area contributed by atoms with E-state index in [0.717, 1.165) is 77.6 Å². The number of nitrogens with one attached hydrogen (secondary N) is 1. The topological polar surface area (TPSA) is 94.6 Å². The minimum atomic E-state index is -1.22. The van der Waals surface area contributed by atoms with Gasteiger partial charge in [0.25, 0.3) is 0 Å². The van der Waals surface area contributed by atoms with E-state index in [9.17, 15) is 0 Å². The molecule has 4 aromatic rings. The van der Waals surface area contributed by atoms with Gasteiger partial charge in [0.1, 0.15) is 19.7 Å². The summed E-state index contributed by atoms with van der Waals surface area (Å²) in [7, 11) is -1.22. The Morgan fingerprint density at radius 1 is 1.17 bits per heavy atom. The molecule has 0 aliphatic carbocycles. The molecule has 0 spiro atoms. The summed E-state index contributed by atoms with van der Waals surface area (Å²) in [6, 6.07) is 3.54. The van der Waals surface area contributed by atoms with Crippen LogP contribution in [-0.4, -0.2) is 76.3 Å². The van der Waals surface area contributed by atoms with Crippen LogP contribution in [0.4, 0.5) is 5.82 Å². The zero-order valence-corrected chi connectivity index (χ0v) is 26.4. The van der Waals surface area contributed by atoms with Gasteiger partial charge in [-0.15, -0.1) is 0 Å².